The van der Waals surface area contributed by atoms with E-state index in [2.05, 4.69) is 5.32 Å². The van der Waals surface area contributed by atoms with Crippen LogP contribution in [0.15, 0.2) is 0 Å². The Labute approximate surface area is 83.8 Å². The summed E-state index contributed by atoms with van der Waals surface area (Å²) >= 11 is 1.91. The molecule has 0 spiro atoms. The molecule has 1 rings (SSSR count). The van der Waals surface area contributed by atoms with Gasteiger partial charge in [0.25, 0.3) is 0 Å². The van der Waals surface area contributed by atoms with Gasteiger partial charge in [-0.05, 0) is 25.1 Å². The van der Waals surface area contributed by atoms with Crippen LogP contribution in [0.25, 0.3) is 0 Å². The first-order chi connectivity index (χ1) is 6.24. The van der Waals surface area contributed by atoms with E-state index in [9.17, 15) is 4.79 Å². The quantitative estimate of drug-likeness (QED) is 0.701. The average molecular weight is 202 g/mol. The van der Waals surface area contributed by atoms with Crippen LogP contribution in [0.1, 0.15) is 19.8 Å². The fourth-order valence-electron chi connectivity index (χ4n) is 1.37. The number of hydrogen-bond donors (Lipinski definition) is 2. The van der Waals surface area contributed by atoms with E-state index in [4.69, 9.17) is 5.73 Å². The normalized spacial score (nSPS) is 24.3. The van der Waals surface area contributed by atoms with Crippen LogP contribution < -0.4 is 11.1 Å². The average Bonchev–Trinajstić information content (AvgIpc) is 2.57. The molecule has 0 aliphatic carbocycles. The molecule has 1 heterocycles. The standard InChI is InChI=1S/C9H18N2OS/c1-7(2-4-10)9(12)11-8-3-5-13-6-8/h7-8H,2-6,10H2,1H3,(H,11,12). The summed E-state index contributed by atoms with van der Waals surface area (Å²) in [6, 6.07) is 0.401. The van der Waals surface area contributed by atoms with Crippen molar-refractivity contribution in [1.82, 2.24) is 5.32 Å². The molecule has 2 unspecified atom stereocenters. The van der Waals surface area contributed by atoms with E-state index < -0.39 is 0 Å². The number of carbonyl (C=O) groups excluding carboxylic acids is 1. The molecular formula is C9H18N2OS. The molecule has 0 aromatic heterocycles. The lowest BCUT2D eigenvalue weighted by molar-refractivity contribution is -0.125. The minimum Gasteiger partial charge on any atom is -0.352 e. The largest absolute Gasteiger partial charge is 0.352 e. The molecular weight excluding hydrogens is 184 g/mol. The van der Waals surface area contributed by atoms with E-state index in [0.717, 1.165) is 18.6 Å². The van der Waals surface area contributed by atoms with Crippen LogP contribution in [0.5, 0.6) is 0 Å². The molecule has 0 aromatic carbocycles. The van der Waals surface area contributed by atoms with E-state index >= 15 is 0 Å². The number of nitrogens with two attached hydrogens (primary N) is 1. The number of amides is 1. The first kappa shape index (κ1) is 10.9. The van der Waals surface area contributed by atoms with Crippen molar-refractivity contribution in [2.24, 2.45) is 11.7 Å². The predicted octanol–water partition coefficient (Wildman–Crippen LogP) is 0.593. The van der Waals surface area contributed by atoms with Gasteiger partial charge in [-0.3, -0.25) is 4.79 Å². The van der Waals surface area contributed by atoms with E-state index in [1.165, 1.54) is 5.75 Å². The lowest BCUT2D eigenvalue weighted by atomic mass is 10.1. The maximum absolute atomic E-state index is 11.5. The molecule has 3 N–H and O–H groups in total. The van der Waals surface area contributed by atoms with Gasteiger partial charge in [0.1, 0.15) is 0 Å². The Morgan fingerprint density at radius 1 is 1.77 bits per heavy atom. The second-order valence-corrected chi connectivity index (χ2v) is 4.70. The van der Waals surface area contributed by atoms with Crippen molar-refractivity contribution in [3.05, 3.63) is 0 Å². The van der Waals surface area contributed by atoms with Crippen molar-refractivity contribution < 1.29 is 4.79 Å². The maximum Gasteiger partial charge on any atom is 0.223 e. The number of nitrogens with one attached hydrogen (secondary N) is 1. The van der Waals surface area contributed by atoms with Crippen LogP contribution in [0.4, 0.5) is 0 Å². The molecule has 0 bridgehead atoms. The highest BCUT2D eigenvalue weighted by atomic mass is 32.2. The van der Waals surface area contributed by atoms with Gasteiger partial charge in [0.05, 0.1) is 0 Å². The summed E-state index contributed by atoms with van der Waals surface area (Å²) in [6.07, 6.45) is 1.90. The zero-order valence-corrected chi connectivity index (χ0v) is 8.90. The lowest BCUT2D eigenvalue weighted by Gasteiger charge is -2.15. The summed E-state index contributed by atoms with van der Waals surface area (Å²) in [4.78, 5) is 11.5. The summed E-state index contributed by atoms with van der Waals surface area (Å²) in [7, 11) is 0. The van der Waals surface area contributed by atoms with Gasteiger partial charge in [-0.2, -0.15) is 11.8 Å². The number of hydrogen-bond acceptors (Lipinski definition) is 3. The molecule has 1 amide bonds. The lowest BCUT2D eigenvalue weighted by Crippen LogP contribution is -2.38. The summed E-state index contributed by atoms with van der Waals surface area (Å²) < 4.78 is 0. The van der Waals surface area contributed by atoms with E-state index in [1.54, 1.807) is 0 Å². The van der Waals surface area contributed by atoms with Gasteiger partial charge < -0.3 is 11.1 Å². The highest BCUT2D eigenvalue weighted by molar-refractivity contribution is 7.99. The molecule has 0 aromatic rings. The minimum absolute atomic E-state index is 0.0654. The molecule has 2 atom stereocenters. The summed E-state index contributed by atoms with van der Waals surface area (Å²) in [5.74, 6) is 2.48. The Hall–Kier alpha value is -0.220. The van der Waals surface area contributed by atoms with E-state index in [0.29, 0.717) is 12.6 Å². The predicted molar refractivity (Wildman–Crippen MR) is 56.7 cm³/mol. The molecule has 1 fully saturated rings. The van der Waals surface area contributed by atoms with Gasteiger partial charge in [0.15, 0.2) is 0 Å². The van der Waals surface area contributed by atoms with Crippen LogP contribution in [0.2, 0.25) is 0 Å². The topological polar surface area (TPSA) is 55.1 Å². The Bertz CT molecular complexity index is 169. The van der Waals surface area contributed by atoms with Gasteiger partial charge in [-0.25, -0.2) is 0 Å². The van der Waals surface area contributed by atoms with E-state index in [-0.39, 0.29) is 11.8 Å². The summed E-state index contributed by atoms with van der Waals surface area (Å²) in [5.41, 5.74) is 5.39. The molecule has 4 heteroatoms. The van der Waals surface area contributed by atoms with Gasteiger partial charge >= 0.3 is 0 Å². The molecule has 0 saturated carbocycles. The maximum atomic E-state index is 11.5. The SMILES string of the molecule is CC(CCN)C(=O)NC1CCSC1. The zero-order chi connectivity index (χ0) is 9.68. The zero-order valence-electron chi connectivity index (χ0n) is 8.08. The van der Waals surface area contributed by atoms with Crippen LogP contribution in [-0.2, 0) is 4.79 Å². The van der Waals surface area contributed by atoms with Crippen molar-refractivity contribution in [1.29, 1.82) is 0 Å². The first-order valence-corrected chi connectivity index (χ1v) is 5.97. The number of thioether (sulfide) groups is 1. The van der Waals surface area contributed by atoms with Crippen LogP contribution in [-0.4, -0.2) is 30.0 Å². The van der Waals surface area contributed by atoms with Crippen molar-refractivity contribution in [3.8, 4) is 0 Å². The summed E-state index contributed by atoms with van der Waals surface area (Å²) in [5, 5.41) is 3.05. The third-order valence-electron chi connectivity index (χ3n) is 2.32. The van der Waals surface area contributed by atoms with Gasteiger partial charge in [-0.15, -0.1) is 0 Å². The smallest absolute Gasteiger partial charge is 0.223 e. The number of carbonyl (C=O) groups is 1. The van der Waals surface area contributed by atoms with Crippen molar-refractivity contribution in [2.45, 2.75) is 25.8 Å². The molecule has 13 heavy (non-hydrogen) atoms. The third-order valence-corrected chi connectivity index (χ3v) is 3.49. The number of rotatable bonds is 4. The Balaban J connectivity index is 2.22. The van der Waals surface area contributed by atoms with Gasteiger partial charge in [-0.1, -0.05) is 6.92 Å². The van der Waals surface area contributed by atoms with Crippen molar-refractivity contribution in [3.63, 3.8) is 0 Å². The first-order valence-electron chi connectivity index (χ1n) is 4.82. The Morgan fingerprint density at radius 2 is 2.54 bits per heavy atom. The molecule has 0 radical (unpaired) electrons. The van der Waals surface area contributed by atoms with Crippen LogP contribution in [0, 0.1) is 5.92 Å². The molecule has 1 saturated heterocycles. The fraction of sp³-hybridized carbons (Fsp3) is 0.889. The van der Waals surface area contributed by atoms with E-state index in [1.807, 2.05) is 18.7 Å². The highest BCUT2D eigenvalue weighted by Gasteiger charge is 2.20. The molecule has 3 nitrogen and oxygen atoms in total. The van der Waals surface area contributed by atoms with Gasteiger partial charge in [0.2, 0.25) is 5.91 Å². The Morgan fingerprint density at radius 3 is 3.08 bits per heavy atom. The van der Waals surface area contributed by atoms with Gasteiger partial charge in [0, 0.05) is 17.7 Å². The monoisotopic (exact) mass is 202 g/mol. The van der Waals surface area contributed by atoms with Crippen molar-refractivity contribution >= 4 is 17.7 Å². The van der Waals surface area contributed by atoms with Crippen LogP contribution >= 0.6 is 11.8 Å². The Kier molecular flexibility index (Phi) is 4.59. The molecule has 1 aliphatic heterocycles. The molecule has 76 valence electrons. The van der Waals surface area contributed by atoms with Crippen molar-refractivity contribution in [2.75, 3.05) is 18.1 Å². The van der Waals surface area contributed by atoms with Crippen LogP contribution in [0.3, 0.4) is 0 Å². The minimum atomic E-state index is 0.0654. The second-order valence-electron chi connectivity index (χ2n) is 3.55. The third kappa shape index (κ3) is 3.56. The highest BCUT2D eigenvalue weighted by Crippen LogP contribution is 2.17. The summed E-state index contributed by atoms with van der Waals surface area (Å²) in [6.45, 7) is 2.53. The second kappa shape index (κ2) is 5.50. The fourth-order valence-corrected chi connectivity index (χ4v) is 2.53. The molecule has 1 aliphatic rings.